The lowest BCUT2D eigenvalue weighted by molar-refractivity contribution is -0.384. The predicted molar refractivity (Wildman–Crippen MR) is 77.3 cm³/mol. The Morgan fingerprint density at radius 2 is 2.33 bits per heavy atom. The summed E-state index contributed by atoms with van der Waals surface area (Å²) in [5.74, 6) is -0.0134. The van der Waals surface area contributed by atoms with Crippen LogP contribution in [0.1, 0.15) is 9.88 Å². The first-order valence-corrected chi connectivity index (χ1v) is 6.91. The summed E-state index contributed by atoms with van der Waals surface area (Å²) >= 11 is 1.51. The van der Waals surface area contributed by atoms with E-state index >= 15 is 0 Å². The van der Waals surface area contributed by atoms with E-state index in [-0.39, 0.29) is 24.0 Å². The molecule has 0 radical (unpaired) electrons. The normalized spacial score (nSPS) is 10.1. The molecule has 0 spiro atoms. The Kier molecular flexibility index (Phi) is 4.83. The highest BCUT2D eigenvalue weighted by Crippen LogP contribution is 2.18. The van der Waals surface area contributed by atoms with Gasteiger partial charge in [0.15, 0.2) is 6.61 Å². The van der Waals surface area contributed by atoms with Gasteiger partial charge in [-0.1, -0.05) is 6.07 Å². The largest absolute Gasteiger partial charge is 0.484 e. The average Bonchev–Trinajstić information content (AvgIpc) is 2.89. The summed E-state index contributed by atoms with van der Waals surface area (Å²) in [6.45, 7) is 2.09. The van der Waals surface area contributed by atoms with Crippen LogP contribution in [0.3, 0.4) is 0 Å². The molecule has 0 saturated carbocycles. The zero-order valence-electron chi connectivity index (χ0n) is 11.2. The molecule has 110 valence electrons. The summed E-state index contributed by atoms with van der Waals surface area (Å²) in [7, 11) is 0. The lowest BCUT2D eigenvalue weighted by Crippen LogP contribution is -2.28. The number of amides is 1. The number of nitrogens with zero attached hydrogens (tertiary/aromatic N) is 2. The third-order valence-electron chi connectivity index (χ3n) is 2.53. The number of nitro benzene ring substituents is 1. The quantitative estimate of drug-likeness (QED) is 0.651. The molecule has 0 aliphatic rings. The molecule has 1 aromatic carbocycles. The number of aromatic nitrogens is 1. The molecular weight excluding hydrogens is 294 g/mol. The first kappa shape index (κ1) is 14.9. The highest BCUT2D eigenvalue weighted by molar-refractivity contribution is 7.11. The molecule has 7 nitrogen and oxygen atoms in total. The van der Waals surface area contributed by atoms with Crippen molar-refractivity contribution in [2.24, 2.45) is 0 Å². The number of hydrogen-bond donors (Lipinski definition) is 1. The molecule has 0 bridgehead atoms. The summed E-state index contributed by atoms with van der Waals surface area (Å²) in [6.07, 6.45) is 1.71. The van der Waals surface area contributed by atoms with Gasteiger partial charge in [-0.15, -0.1) is 11.3 Å². The Balaban J connectivity index is 1.81. The van der Waals surface area contributed by atoms with Gasteiger partial charge in [0.2, 0.25) is 0 Å². The van der Waals surface area contributed by atoms with E-state index < -0.39 is 4.92 Å². The van der Waals surface area contributed by atoms with Gasteiger partial charge in [0.1, 0.15) is 5.75 Å². The van der Waals surface area contributed by atoms with E-state index in [1.165, 1.54) is 29.5 Å². The van der Waals surface area contributed by atoms with Crippen molar-refractivity contribution >= 4 is 22.9 Å². The van der Waals surface area contributed by atoms with Gasteiger partial charge in [0.05, 0.1) is 22.5 Å². The van der Waals surface area contributed by atoms with Crippen LogP contribution in [0.25, 0.3) is 0 Å². The number of nitro groups is 1. The van der Waals surface area contributed by atoms with Crippen molar-refractivity contribution in [3.05, 3.63) is 50.5 Å². The van der Waals surface area contributed by atoms with Crippen LogP contribution < -0.4 is 10.1 Å². The van der Waals surface area contributed by atoms with Gasteiger partial charge in [-0.05, 0) is 13.0 Å². The van der Waals surface area contributed by atoms with Crippen LogP contribution in [0.15, 0.2) is 30.5 Å². The highest BCUT2D eigenvalue weighted by Gasteiger charge is 2.08. The molecule has 21 heavy (non-hydrogen) atoms. The number of benzene rings is 1. The fraction of sp³-hybridized carbons (Fsp3) is 0.231. The van der Waals surface area contributed by atoms with Crippen molar-refractivity contribution in [3.8, 4) is 5.75 Å². The number of rotatable bonds is 6. The molecule has 0 atom stereocenters. The number of carbonyl (C=O) groups is 1. The van der Waals surface area contributed by atoms with Crippen LogP contribution >= 0.6 is 11.3 Å². The Bertz CT molecular complexity index is 656. The molecule has 0 fully saturated rings. The van der Waals surface area contributed by atoms with Crippen LogP contribution in [0.5, 0.6) is 5.75 Å². The number of carbonyl (C=O) groups excluding carboxylic acids is 1. The second kappa shape index (κ2) is 6.80. The number of nitrogens with one attached hydrogen (secondary N) is 1. The first-order chi connectivity index (χ1) is 10.0. The summed E-state index contributed by atoms with van der Waals surface area (Å²) in [5, 5.41) is 14.2. The monoisotopic (exact) mass is 307 g/mol. The van der Waals surface area contributed by atoms with Crippen LogP contribution in [0.4, 0.5) is 5.69 Å². The molecule has 2 rings (SSSR count). The Morgan fingerprint density at radius 3 is 3.00 bits per heavy atom. The molecule has 1 aromatic heterocycles. The molecule has 1 amide bonds. The van der Waals surface area contributed by atoms with E-state index in [2.05, 4.69) is 10.3 Å². The fourth-order valence-corrected chi connectivity index (χ4v) is 2.29. The standard InChI is InChI=1S/C13H13N3O4S/c1-9-14-6-12(21-9)7-15-13(17)8-20-11-4-2-3-10(5-11)16(18)19/h2-6H,7-8H2,1H3,(H,15,17). The van der Waals surface area contributed by atoms with E-state index in [9.17, 15) is 14.9 Å². The second-order valence-corrected chi connectivity index (χ2v) is 5.48. The maximum Gasteiger partial charge on any atom is 0.273 e. The Hall–Kier alpha value is -2.48. The molecule has 0 unspecified atom stereocenters. The molecular formula is C13H13N3O4S. The van der Waals surface area contributed by atoms with Crippen molar-refractivity contribution in [2.45, 2.75) is 13.5 Å². The first-order valence-electron chi connectivity index (χ1n) is 6.10. The number of ether oxygens (including phenoxy) is 1. The third-order valence-corrected chi connectivity index (χ3v) is 3.44. The summed E-state index contributed by atoms with van der Waals surface area (Å²) in [6, 6.07) is 5.71. The maximum atomic E-state index is 11.6. The highest BCUT2D eigenvalue weighted by atomic mass is 32.1. The summed E-state index contributed by atoms with van der Waals surface area (Å²) in [4.78, 5) is 26.8. The molecule has 8 heteroatoms. The lowest BCUT2D eigenvalue weighted by atomic mass is 10.3. The zero-order chi connectivity index (χ0) is 15.2. The van der Waals surface area contributed by atoms with Gasteiger partial charge in [-0.25, -0.2) is 4.98 Å². The van der Waals surface area contributed by atoms with Gasteiger partial charge in [0.25, 0.3) is 11.6 Å². The van der Waals surface area contributed by atoms with Crippen LogP contribution in [-0.2, 0) is 11.3 Å². The van der Waals surface area contributed by atoms with Crippen molar-refractivity contribution in [2.75, 3.05) is 6.61 Å². The number of thiazole rings is 1. The molecule has 2 aromatic rings. The Labute approximate surface area is 124 Å². The van der Waals surface area contributed by atoms with Gasteiger partial charge < -0.3 is 10.1 Å². The van der Waals surface area contributed by atoms with E-state index in [1.54, 1.807) is 12.3 Å². The lowest BCUT2D eigenvalue weighted by Gasteiger charge is -2.06. The van der Waals surface area contributed by atoms with Crippen LogP contribution in [0, 0.1) is 17.0 Å². The zero-order valence-corrected chi connectivity index (χ0v) is 12.1. The predicted octanol–water partition coefficient (Wildman–Crippen LogP) is 2.05. The maximum absolute atomic E-state index is 11.6. The van der Waals surface area contributed by atoms with E-state index in [4.69, 9.17) is 4.74 Å². The fourth-order valence-electron chi connectivity index (χ4n) is 1.56. The molecule has 1 N–H and O–H groups in total. The van der Waals surface area contributed by atoms with E-state index in [0.29, 0.717) is 6.54 Å². The summed E-state index contributed by atoms with van der Waals surface area (Å²) < 4.78 is 5.22. The number of non-ortho nitro benzene ring substituents is 1. The molecule has 0 aliphatic carbocycles. The van der Waals surface area contributed by atoms with Gasteiger partial charge >= 0.3 is 0 Å². The average molecular weight is 307 g/mol. The van der Waals surface area contributed by atoms with Crippen molar-refractivity contribution in [3.63, 3.8) is 0 Å². The van der Waals surface area contributed by atoms with Gasteiger partial charge in [-0.3, -0.25) is 14.9 Å². The molecule has 0 saturated heterocycles. The summed E-state index contributed by atoms with van der Waals surface area (Å²) in [5.41, 5.74) is -0.0759. The van der Waals surface area contributed by atoms with E-state index in [1.807, 2.05) is 6.92 Å². The minimum absolute atomic E-state index is 0.0759. The minimum Gasteiger partial charge on any atom is -0.484 e. The molecule has 0 aliphatic heterocycles. The van der Waals surface area contributed by atoms with Crippen LogP contribution in [0.2, 0.25) is 0 Å². The number of aryl methyl sites for hydroxylation is 1. The Morgan fingerprint density at radius 1 is 1.52 bits per heavy atom. The van der Waals surface area contributed by atoms with Gasteiger partial charge in [0, 0.05) is 17.1 Å². The molecule has 1 heterocycles. The third kappa shape index (κ3) is 4.53. The van der Waals surface area contributed by atoms with Gasteiger partial charge in [-0.2, -0.15) is 0 Å². The van der Waals surface area contributed by atoms with Crippen molar-refractivity contribution < 1.29 is 14.5 Å². The van der Waals surface area contributed by atoms with Crippen LogP contribution in [-0.4, -0.2) is 22.4 Å². The van der Waals surface area contributed by atoms with E-state index in [0.717, 1.165) is 9.88 Å². The number of hydrogen-bond acceptors (Lipinski definition) is 6. The second-order valence-electron chi connectivity index (χ2n) is 4.17. The van der Waals surface area contributed by atoms with Crippen molar-refractivity contribution in [1.82, 2.24) is 10.3 Å². The smallest absolute Gasteiger partial charge is 0.273 e. The topological polar surface area (TPSA) is 94.4 Å². The minimum atomic E-state index is -0.515. The SMILES string of the molecule is Cc1ncc(CNC(=O)COc2cccc([N+](=O)[O-])c2)s1. The van der Waals surface area contributed by atoms with Crippen molar-refractivity contribution in [1.29, 1.82) is 0 Å².